The minimum Gasteiger partial charge on any atom is -0.481 e. The van der Waals surface area contributed by atoms with Crippen molar-refractivity contribution in [3.8, 4) is 0 Å². The van der Waals surface area contributed by atoms with E-state index in [0.717, 1.165) is 19.0 Å². The summed E-state index contributed by atoms with van der Waals surface area (Å²) in [7, 11) is 0. The summed E-state index contributed by atoms with van der Waals surface area (Å²) in [6.07, 6.45) is 6.51. The van der Waals surface area contributed by atoms with Gasteiger partial charge < -0.3 is 5.11 Å². The summed E-state index contributed by atoms with van der Waals surface area (Å²) in [5.41, 5.74) is 0. The van der Waals surface area contributed by atoms with Crippen LogP contribution in [0.4, 0.5) is 0 Å². The first kappa shape index (κ1) is 12.9. The Balaban J connectivity index is 1.93. The Morgan fingerprint density at radius 3 is 2.53 bits per heavy atom. The second kappa shape index (κ2) is 5.38. The van der Waals surface area contributed by atoms with Gasteiger partial charge in [-0.2, -0.15) is 0 Å². The van der Waals surface area contributed by atoms with Crippen LogP contribution < -0.4 is 0 Å². The molecule has 0 aromatic rings. The maximum absolute atomic E-state index is 11.1. The highest BCUT2D eigenvalue weighted by atomic mass is 16.4. The standard InChI is InChI=1S/C14H25NO2/c1-10-4-3-5-12(7-6-10)15-8-11(2)13(9-15)14(16)17/h10-13H,3-9H2,1-2H3,(H,16,17)/t10?,11-,12?,13-/m1/s1. The molecule has 1 N–H and O–H groups in total. The van der Waals surface area contributed by atoms with Crippen molar-refractivity contribution in [1.82, 2.24) is 4.90 Å². The Labute approximate surface area is 104 Å². The number of carbonyl (C=O) groups is 1. The van der Waals surface area contributed by atoms with Crippen LogP contribution >= 0.6 is 0 Å². The summed E-state index contributed by atoms with van der Waals surface area (Å²) in [6, 6.07) is 0.645. The van der Waals surface area contributed by atoms with E-state index >= 15 is 0 Å². The lowest BCUT2D eigenvalue weighted by Crippen LogP contribution is -2.33. The fourth-order valence-corrected chi connectivity index (χ4v) is 3.46. The zero-order chi connectivity index (χ0) is 12.4. The smallest absolute Gasteiger partial charge is 0.308 e. The Kier molecular flexibility index (Phi) is 4.08. The van der Waals surface area contributed by atoms with Gasteiger partial charge in [0.15, 0.2) is 0 Å². The normalized spacial score (nSPS) is 40.1. The lowest BCUT2D eigenvalue weighted by molar-refractivity contribution is -0.142. The first-order valence-corrected chi connectivity index (χ1v) is 7.04. The Bertz CT molecular complexity index is 279. The highest BCUT2D eigenvalue weighted by Crippen LogP contribution is 2.31. The lowest BCUT2D eigenvalue weighted by atomic mass is 9.99. The molecule has 0 bridgehead atoms. The quantitative estimate of drug-likeness (QED) is 0.753. The van der Waals surface area contributed by atoms with E-state index in [4.69, 9.17) is 0 Å². The molecule has 0 spiro atoms. The van der Waals surface area contributed by atoms with Gasteiger partial charge in [-0.05, 0) is 31.1 Å². The highest BCUT2D eigenvalue weighted by molar-refractivity contribution is 5.71. The second-order valence-electron chi connectivity index (χ2n) is 6.14. The van der Waals surface area contributed by atoms with E-state index in [1.54, 1.807) is 0 Å². The second-order valence-corrected chi connectivity index (χ2v) is 6.14. The van der Waals surface area contributed by atoms with E-state index in [-0.39, 0.29) is 5.92 Å². The number of nitrogens with zero attached hydrogens (tertiary/aromatic N) is 1. The van der Waals surface area contributed by atoms with Crippen LogP contribution in [-0.4, -0.2) is 35.1 Å². The van der Waals surface area contributed by atoms with Crippen LogP contribution in [0.25, 0.3) is 0 Å². The molecule has 0 amide bonds. The van der Waals surface area contributed by atoms with Crippen molar-refractivity contribution in [2.75, 3.05) is 13.1 Å². The van der Waals surface area contributed by atoms with Gasteiger partial charge in [0.1, 0.15) is 0 Å². The van der Waals surface area contributed by atoms with Gasteiger partial charge in [0.25, 0.3) is 0 Å². The van der Waals surface area contributed by atoms with Crippen LogP contribution in [0.15, 0.2) is 0 Å². The number of rotatable bonds is 2. The molecule has 3 heteroatoms. The number of aliphatic carboxylic acids is 1. The third kappa shape index (κ3) is 3.01. The summed E-state index contributed by atoms with van der Waals surface area (Å²) in [5.74, 6) is 0.418. The fraction of sp³-hybridized carbons (Fsp3) is 0.929. The largest absolute Gasteiger partial charge is 0.481 e. The summed E-state index contributed by atoms with van der Waals surface area (Å²) >= 11 is 0. The van der Waals surface area contributed by atoms with Crippen LogP contribution in [0.3, 0.4) is 0 Å². The van der Waals surface area contributed by atoms with E-state index < -0.39 is 5.97 Å². The molecule has 1 heterocycles. The van der Waals surface area contributed by atoms with Crippen molar-refractivity contribution in [1.29, 1.82) is 0 Å². The highest BCUT2D eigenvalue weighted by Gasteiger charge is 2.37. The summed E-state index contributed by atoms with van der Waals surface area (Å²) in [5, 5.41) is 9.17. The Morgan fingerprint density at radius 1 is 1.12 bits per heavy atom. The maximum Gasteiger partial charge on any atom is 0.308 e. The van der Waals surface area contributed by atoms with Gasteiger partial charge in [0.05, 0.1) is 5.92 Å². The molecule has 1 aliphatic carbocycles. The molecule has 17 heavy (non-hydrogen) atoms. The number of hydrogen-bond acceptors (Lipinski definition) is 2. The van der Waals surface area contributed by atoms with Crippen LogP contribution in [0, 0.1) is 17.8 Å². The molecule has 0 radical (unpaired) electrons. The maximum atomic E-state index is 11.1. The molecule has 3 nitrogen and oxygen atoms in total. The third-order valence-electron chi connectivity index (χ3n) is 4.70. The van der Waals surface area contributed by atoms with E-state index in [2.05, 4.69) is 18.7 Å². The Morgan fingerprint density at radius 2 is 1.88 bits per heavy atom. The van der Waals surface area contributed by atoms with Crippen molar-refractivity contribution in [2.24, 2.45) is 17.8 Å². The van der Waals surface area contributed by atoms with Crippen LogP contribution in [0.1, 0.15) is 46.0 Å². The molecule has 2 aliphatic rings. The molecular formula is C14H25NO2. The zero-order valence-corrected chi connectivity index (χ0v) is 11.1. The summed E-state index contributed by atoms with van der Waals surface area (Å²) in [4.78, 5) is 13.6. The van der Waals surface area contributed by atoms with Gasteiger partial charge in [-0.15, -0.1) is 0 Å². The molecule has 4 atom stereocenters. The number of carboxylic acids is 1. The van der Waals surface area contributed by atoms with Gasteiger partial charge in [0, 0.05) is 19.1 Å². The van der Waals surface area contributed by atoms with Crippen LogP contribution in [-0.2, 0) is 4.79 Å². The van der Waals surface area contributed by atoms with E-state index in [9.17, 15) is 9.90 Å². The van der Waals surface area contributed by atoms with Crippen molar-refractivity contribution in [2.45, 2.75) is 52.0 Å². The monoisotopic (exact) mass is 239 g/mol. The summed E-state index contributed by atoms with van der Waals surface area (Å²) < 4.78 is 0. The topological polar surface area (TPSA) is 40.5 Å². The third-order valence-corrected chi connectivity index (χ3v) is 4.70. The molecule has 2 unspecified atom stereocenters. The minimum absolute atomic E-state index is 0.143. The molecular weight excluding hydrogens is 214 g/mol. The van der Waals surface area contributed by atoms with Gasteiger partial charge >= 0.3 is 5.97 Å². The van der Waals surface area contributed by atoms with E-state index in [1.807, 2.05) is 0 Å². The van der Waals surface area contributed by atoms with Crippen molar-refractivity contribution < 1.29 is 9.90 Å². The fourth-order valence-electron chi connectivity index (χ4n) is 3.46. The van der Waals surface area contributed by atoms with Gasteiger partial charge in [0.2, 0.25) is 0 Å². The predicted molar refractivity (Wildman–Crippen MR) is 67.9 cm³/mol. The Hall–Kier alpha value is -0.570. The molecule has 98 valence electrons. The molecule has 0 aromatic carbocycles. The van der Waals surface area contributed by atoms with E-state index in [0.29, 0.717) is 12.0 Å². The van der Waals surface area contributed by atoms with E-state index in [1.165, 1.54) is 32.1 Å². The molecule has 2 fully saturated rings. The van der Waals surface area contributed by atoms with Gasteiger partial charge in [-0.25, -0.2) is 0 Å². The molecule has 1 saturated heterocycles. The lowest BCUT2D eigenvalue weighted by Gasteiger charge is -2.26. The first-order valence-electron chi connectivity index (χ1n) is 7.04. The van der Waals surface area contributed by atoms with Crippen LogP contribution in [0.2, 0.25) is 0 Å². The summed E-state index contributed by atoms with van der Waals surface area (Å²) in [6.45, 7) is 6.18. The van der Waals surface area contributed by atoms with Gasteiger partial charge in [-0.1, -0.05) is 26.7 Å². The molecule has 1 aliphatic heterocycles. The number of carboxylic acid groups (broad SMARTS) is 1. The van der Waals surface area contributed by atoms with Crippen LogP contribution in [0.5, 0.6) is 0 Å². The van der Waals surface area contributed by atoms with Crippen molar-refractivity contribution in [3.63, 3.8) is 0 Å². The van der Waals surface area contributed by atoms with Crippen molar-refractivity contribution >= 4 is 5.97 Å². The molecule has 2 rings (SSSR count). The number of hydrogen-bond donors (Lipinski definition) is 1. The first-order chi connectivity index (χ1) is 8.08. The zero-order valence-electron chi connectivity index (χ0n) is 11.1. The average Bonchev–Trinajstić information content (AvgIpc) is 2.52. The predicted octanol–water partition coefficient (Wildman–Crippen LogP) is 2.61. The van der Waals surface area contributed by atoms with Gasteiger partial charge in [-0.3, -0.25) is 9.69 Å². The molecule has 0 aromatic heterocycles. The number of likely N-dealkylation sites (tertiary alicyclic amines) is 1. The molecule has 1 saturated carbocycles. The average molecular weight is 239 g/mol. The SMILES string of the molecule is CC1CCCC(N2C[C@@H](C)[C@H](C(=O)O)C2)CC1. The minimum atomic E-state index is -0.609. The van der Waals surface area contributed by atoms with Crippen molar-refractivity contribution in [3.05, 3.63) is 0 Å².